The van der Waals surface area contributed by atoms with Crippen molar-refractivity contribution in [2.24, 2.45) is 11.1 Å². The standard InChI is InChI=1S/C11H23NO2S/c1-11(2,3)6-7-14-10(13)9(12)5-8-15-4/h9H,5-8,12H2,1-4H3/t9-/m1/s1. The first-order valence-corrected chi connectivity index (χ1v) is 6.67. The van der Waals surface area contributed by atoms with Crippen molar-refractivity contribution in [3.63, 3.8) is 0 Å². The lowest BCUT2D eigenvalue weighted by Gasteiger charge is -2.18. The summed E-state index contributed by atoms with van der Waals surface area (Å²) in [4.78, 5) is 11.4. The third kappa shape index (κ3) is 8.75. The molecular formula is C11H23NO2S. The minimum atomic E-state index is -0.461. The van der Waals surface area contributed by atoms with E-state index in [-0.39, 0.29) is 11.4 Å². The smallest absolute Gasteiger partial charge is 0.322 e. The maximum absolute atomic E-state index is 11.4. The zero-order valence-electron chi connectivity index (χ0n) is 10.2. The lowest BCUT2D eigenvalue weighted by atomic mass is 9.93. The Bertz CT molecular complexity index is 190. The van der Waals surface area contributed by atoms with Gasteiger partial charge in [-0.25, -0.2) is 0 Å². The molecule has 0 radical (unpaired) electrons. The van der Waals surface area contributed by atoms with E-state index in [2.05, 4.69) is 20.8 Å². The van der Waals surface area contributed by atoms with Gasteiger partial charge in [-0.05, 0) is 30.3 Å². The van der Waals surface area contributed by atoms with E-state index >= 15 is 0 Å². The lowest BCUT2D eigenvalue weighted by Crippen LogP contribution is -2.33. The normalized spacial score (nSPS) is 13.7. The topological polar surface area (TPSA) is 52.3 Å². The molecule has 0 aliphatic rings. The molecule has 0 saturated heterocycles. The minimum absolute atomic E-state index is 0.198. The van der Waals surface area contributed by atoms with Gasteiger partial charge in [-0.3, -0.25) is 4.79 Å². The maximum Gasteiger partial charge on any atom is 0.322 e. The van der Waals surface area contributed by atoms with Gasteiger partial charge in [-0.15, -0.1) is 0 Å². The summed E-state index contributed by atoms with van der Waals surface area (Å²) in [6.07, 6.45) is 3.56. The monoisotopic (exact) mass is 233 g/mol. The predicted molar refractivity (Wildman–Crippen MR) is 66.0 cm³/mol. The van der Waals surface area contributed by atoms with Crippen LogP contribution in [0.5, 0.6) is 0 Å². The molecule has 1 atom stereocenters. The van der Waals surface area contributed by atoms with E-state index in [1.807, 2.05) is 6.26 Å². The quantitative estimate of drug-likeness (QED) is 0.713. The van der Waals surface area contributed by atoms with Crippen LogP contribution in [-0.4, -0.2) is 30.6 Å². The highest BCUT2D eigenvalue weighted by atomic mass is 32.2. The summed E-state index contributed by atoms with van der Waals surface area (Å²) in [5, 5.41) is 0. The number of carbonyl (C=O) groups is 1. The number of hydrogen-bond donors (Lipinski definition) is 1. The van der Waals surface area contributed by atoms with Crippen LogP contribution in [0.4, 0.5) is 0 Å². The fourth-order valence-corrected chi connectivity index (χ4v) is 1.42. The van der Waals surface area contributed by atoms with Crippen LogP contribution in [0.1, 0.15) is 33.6 Å². The lowest BCUT2D eigenvalue weighted by molar-refractivity contribution is -0.145. The number of rotatable bonds is 6. The highest BCUT2D eigenvalue weighted by Crippen LogP contribution is 2.18. The zero-order chi connectivity index (χ0) is 11.9. The highest BCUT2D eigenvalue weighted by molar-refractivity contribution is 7.98. The van der Waals surface area contributed by atoms with E-state index in [9.17, 15) is 4.79 Å². The molecule has 0 aliphatic carbocycles. The van der Waals surface area contributed by atoms with Crippen LogP contribution < -0.4 is 5.73 Å². The minimum Gasteiger partial charge on any atom is -0.465 e. The van der Waals surface area contributed by atoms with Gasteiger partial charge in [0.05, 0.1) is 6.61 Å². The van der Waals surface area contributed by atoms with Crippen LogP contribution in [0.15, 0.2) is 0 Å². The second kappa shape index (κ2) is 7.12. The first kappa shape index (κ1) is 14.8. The molecule has 15 heavy (non-hydrogen) atoms. The Balaban J connectivity index is 3.64. The van der Waals surface area contributed by atoms with Crippen molar-refractivity contribution in [3.05, 3.63) is 0 Å². The number of carbonyl (C=O) groups excluding carboxylic acids is 1. The van der Waals surface area contributed by atoms with Crippen molar-refractivity contribution in [2.75, 3.05) is 18.6 Å². The first-order chi connectivity index (χ1) is 6.87. The summed E-state index contributed by atoms with van der Waals surface area (Å²) in [6, 6.07) is -0.461. The summed E-state index contributed by atoms with van der Waals surface area (Å²) in [5.74, 6) is 0.628. The molecule has 0 fully saturated rings. The largest absolute Gasteiger partial charge is 0.465 e. The Hall–Kier alpha value is -0.220. The summed E-state index contributed by atoms with van der Waals surface area (Å²) in [7, 11) is 0. The van der Waals surface area contributed by atoms with Crippen molar-refractivity contribution >= 4 is 17.7 Å². The van der Waals surface area contributed by atoms with Gasteiger partial charge in [0.1, 0.15) is 6.04 Å². The van der Waals surface area contributed by atoms with Crippen LogP contribution in [0.2, 0.25) is 0 Å². The van der Waals surface area contributed by atoms with Crippen molar-refractivity contribution in [1.29, 1.82) is 0 Å². The molecule has 90 valence electrons. The summed E-state index contributed by atoms with van der Waals surface area (Å²) < 4.78 is 5.10. The van der Waals surface area contributed by atoms with E-state index in [0.29, 0.717) is 13.0 Å². The zero-order valence-corrected chi connectivity index (χ0v) is 11.0. The summed E-state index contributed by atoms with van der Waals surface area (Å²) in [6.45, 7) is 6.83. The van der Waals surface area contributed by atoms with Gasteiger partial charge < -0.3 is 10.5 Å². The van der Waals surface area contributed by atoms with E-state index in [1.54, 1.807) is 11.8 Å². The predicted octanol–water partition coefficient (Wildman–Crippen LogP) is 2.05. The van der Waals surface area contributed by atoms with E-state index in [4.69, 9.17) is 10.5 Å². The molecule has 0 aromatic rings. The first-order valence-electron chi connectivity index (χ1n) is 5.28. The second-order valence-electron chi connectivity index (χ2n) is 4.87. The van der Waals surface area contributed by atoms with Gasteiger partial charge in [0.2, 0.25) is 0 Å². The van der Waals surface area contributed by atoms with Crippen LogP contribution in [-0.2, 0) is 9.53 Å². The average Bonchev–Trinajstić information content (AvgIpc) is 2.11. The number of nitrogens with two attached hydrogens (primary N) is 1. The van der Waals surface area contributed by atoms with Crippen LogP contribution >= 0.6 is 11.8 Å². The fourth-order valence-electron chi connectivity index (χ4n) is 0.928. The van der Waals surface area contributed by atoms with Gasteiger partial charge in [0, 0.05) is 0 Å². The number of hydrogen-bond acceptors (Lipinski definition) is 4. The van der Waals surface area contributed by atoms with Gasteiger partial charge in [0.25, 0.3) is 0 Å². The van der Waals surface area contributed by atoms with Gasteiger partial charge in [-0.1, -0.05) is 20.8 Å². The molecule has 0 unspecified atom stereocenters. The SMILES string of the molecule is CSCC[C@@H](N)C(=O)OCCC(C)(C)C. The van der Waals surface area contributed by atoms with Gasteiger partial charge in [-0.2, -0.15) is 11.8 Å². The number of esters is 1. The van der Waals surface area contributed by atoms with Crippen molar-refractivity contribution < 1.29 is 9.53 Å². The fraction of sp³-hybridized carbons (Fsp3) is 0.909. The Kier molecular flexibility index (Phi) is 7.02. The third-order valence-electron chi connectivity index (χ3n) is 2.03. The van der Waals surface area contributed by atoms with Crippen molar-refractivity contribution in [2.45, 2.75) is 39.7 Å². The molecule has 2 N–H and O–H groups in total. The average molecular weight is 233 g/mol. The molecule has 0 rings (SSSR count). The molecule has 0 saturated carbocycles. The third-order valence-corrected chi connectivity index (χ3v) is 2.68. The highest BCUT2D eigenvalue weighted by Gasteiger charge is 2.16. The van der Waals surface area contributed by atoms with Crippen LogP contribution in [0, 0.1) is 5.41 Å². The molecule has 0 aliphatic heterocycles. The Morgan fingerprint density at radius 1 is 1.47 bits per heavy atom. The van der Waals surface area contributed by atoms with Crippen LogP contribution in [0.3, 0.4) is 0 Å². The van der Waals surface area contributed by atoms with E-state index in [0.717, 1.165) is 12.2 Å². The van der Waals surface area contributed by atoms with E-state index in [1.165, 1.54) is 0 Å². The Labute approximate surface area is 97.1 Å². The molecule has 0 bridgehead atoms. The molecule has 0 spiro atoms. The number of ether oxygens (including phenoxy) is 1. The Morgan fingerprint density at radius 3 is 2.53 bits per heavy atom. The van der Waals surface area contributed by atoms with Crippen molar-refractivity contribution in [3.8, 4) is 0 Å². The van der Waals surface area contributed by atoms with Gasteiger partial charge in [0.15, 0.2) is 0 Å². The molecule has 0 amide bonds. The molecule has 0 aromatic carbocycles. The molecule has 3 nitrogen and oxygen atoms in total. The second-order valence-corrected chi connectivity index (χ2v) is 5.85. The molecule has 4 heteroatoms. The van der Waals surface area contributed by atoms with Gasteiger partial charge >= 0.3 is 5.97 Å². The Morgan fingerprint density at radius 2 is 2.07 bits per heavy atom. The van der Waals surface area contributed by atoms with Crippen LogP contribution in [0.25, 0.3) is 0 Å². The summed E-state index contributed by atoms with van der Waals surface area (Å²) in [5.41, 5.74) is 5.86. The molecule has 0 aromatic heterocycles. The molecular weight excluding hydrogens is 210 g/mol. The van der Waals surface area contributed by atoms with Crippen molar-refractivity contribution in [1.82, 2.24) is 0 Å². The maximum atomic E-state index is 11.4. The molecule has 0 heterocycles. The number of thioether (sulfide) groups is 1. The van der Waals surface area contributed by atoms with E-state index < -0.39 is 6.04 Å². The summed E-state index contributed by atoms with van der Waals surface area (Å²) >= 11 is 1.69.